The van der Waals surface area contributed by atoms with Crippen LogP contribution in [0, 0.1) is 0 Å². The van der Waals surface area contributed by atoms with E-state index < -0.39 is 17.1 Å². The Morgan fingerprint density at radius 1 is 1.17 bits per heavy atom. The normalized spacial score (nSPS) is 15.3. The molecule has 0 bridgehead atoms. The van der Waals surface area contributed by atoms with E-state index in [9.17, 15) is 19.5 Å². The van der Waals surface area contributed by atoms with Crippen molar-refractivity contribution in [2.45, 2.75) is 58.7 Å². The minimum absolute atomic E-state index is 0.0358. The van der Waals surface area contributed by atoms with Gasteiger partial charge in [0.1, 0.15) is 5.60 Å². The quantitative estimate of drug-likeness (QED) is 0.644. The van der Waals surface area contributed by atoms with Crippen LogP contribution in [-0.4, -0.2) is 73.6 Å². The molecular formula is C19H30N4O6. The number of aliphatic carboxylic acids is 1. The largest absolute Gasteiger partial charge is 0.503 e. The molecule has 2 rings (SSSR count). The monoisotopic (exact) mass is 410 g/mol. The molecule has 0 spiro atoms. The zero-order valence-corrected chi connectivity index (χ0v) is 17.3. The van der Waals surface area contributed by atoms with Crippen molar-refractivity contribution in [3.8, 4) is 5.75 Å². The first kappa shape index (κ1) is 22.7. The standard InChI is InChI=1S/C19H30N4O6/c1-19(2,3)29-18(28)22-10-8-21(9-11-22)13-14-12-20-23(17(27)16(14)26)7-5-4-6-15(24)25/h12,26H,4-11,13H2,1-3H3,(H,24,25). The Bertz CT molecular complexity index is 778. The Morgan fingerprint density at radius 3 is 2.41 bits per heavy atom. The number of carboxylic acids is 1. The van der Waals surface area contributed by atoms with Gasteiger partial charge in [-0.15, -0.1) is 0 Å². The number of rotatable bonds is 7. The van der Waals surface area contributed by atoms with Gasteiger partial charge in [-0.25, -0.2) is 9.48 Å². The van der Waals surface area contributed by atoms with E-state index in [1.165, 1.54) is 6.20 Å². The molecule has 1 aliphatic rings. The summed E-state index contributed by atoms with van der Waals surface area (Å²) in [6.07, 6.45) is 2.09. The number of aryl methyl sites for hydroxylation is 1. The van der Waals surface area contributed by atoms with Crippen molar-refractivity contribution >= 4 is 12.1 Å². The van der Waals surface area contributed by atoms with Crippen LogP contribution in [0.2, 0.25) is 0 Å². The lowest BCUT2D eigenvalue weighted by Gasteiger charge is -2.35. The zero-order chi connectivity index (χ0) is 21.6. The molecule has 1 amide bonds. The third kappa shape index (κ3) is 7.04. The number of aromatic nitrogens is 2. The Morgan fingerprint density at radius 2 is 1.83 bits per heavy atom. The number of carbonyl (C=O) groups excluding carboxylic acids is 1. The molecule has 0 radical (unpaired) electrons. The molecular weight excluding hydrogens is 380 g/mol. The van der Waals surface area contributed by atoms with Gasteiger partial charge in [-0.2, -0.15) is 5.10 Å². The van der Waals surface area contributed by atoms with Crippen LogP contribution >= 0.6 is 0 Å². The van der Waals surface area contributed by atoms with Crippen molar-refractivity contribution in [1.29, 1.82) is 0 Å². The second-order valence-electron chi connectivity index (χ2n) is 8.14. The Hall–Kier alpha value is -2.62. The summed E-state index contributed by atoms with van der Waals surface area (Å²) in [5.41, 5.74) is -0.684. The number of piperazine rings is 1. The van der Waals surface area contributed by atoms with Crippen LogP contribution in [0.4, 0.5) is 4.79 Å². The summed E-state index contributed by atoms with van der Waals surface area (Å²) >= 11 is 0. The van der Waals surface area contributed by atoms with Crippen molar-refractivity contribution in [1.82, 2.24) is 19.6 Å². The second-order valence-corrected chi connectivity index (χ2v) is 8.14. The van der Waals surface area contributed by atoms with E-state index in [2.05, 4.69) is 5.10 Å². The number of hydrogen-bond donors (Lipinski definition) is 2. The average molecular weight is 410 g/mol. The third-order valence-corrected chi connectivity index (χ3v) is 4.52. The summed E-state index contributed by atoms with van der Waals surface area (Å²) in [6, 6.07) is 0. The number of amides is 1. The van der Waals surface area contributed by atoms with Gasteiger partial charge >= 0.3 is 17.6 Å². The lowest BCUT2D eigenvalue weighted by Crippen LogP contribution is -2.49. The highest BCUT2D eigenvalue weighted by Gasteiger charge is 2.26. The predicted octanol–water partition coefficient (Wildman–Crippen LogP) is 1.26. The summed E-state index contributed by atoms with van der Waals surface area (Å²) in [5, 5.41) is 23.0. The van der Waals surface area contributed by atoms with E-state index in [-0.39, 0.29) is 24.8 Å². The van der Waals surface area contributed by atoms with Crippen molar-refractivity contribution < 1.29 is 24.5 Å². The van der Waals surface area contributed by atoms with Gasteiger partial charge < -0.3 is 19.8 Å². The highest BCUT2D eigenvalue weighted by Crippen LogP contribution is 2.16. The molecule has 0 atom stereocenters. The summed E-state index contributed by atoms with van der Waals surface area (Å²) in [6.45, 7) is 8.29. The Kier molecular flexibility index (Phi) is 7.60. The first-order valence-electron chi connectivity index (χ1n) is 9.77. The predicted molar refractivity (Wildman–Crippen MR) is 105 cm³/mol. The summed E-state index contributed by atoms with van der Waals surface area (Å²) in [7, 11) is 0. The number of carbonyl (C=O) groups is 2. The molecule has 2 N–H and O–H groups in total. The summed E-state index contributed by atoms with van der Waals surface area (Å²) in [4.78, 5) is 38.6. The zero-order valence-electron chi connectivity index (χ0n) is 17.3. The van der Waals surface area contributed by atoms with E-state index in [4.69, 9.17) is 9.84 Å². The summed E-state index contributed by atoms with van der Waals surface area (Å²) in [5.74, 6) is -1.22. The van der Waals surface area contributed by atoms with Crippen LogP contribution in [0.1, 0.15) is 45.6 Å². The molecule has 0 saturated carbocycles. The van der Waals surface area contributed by atoms with Gasteiger partial charge in [-0.1, -0.05) is 0 Å². The van der Waals surface area contributed by atoms with Crippen LogP contribution in [-0.2, 0) is 22.6 Å². The molecule has 1 saturated heterocycles. The van der Waals surface area contributed by atoms with E-state index in [0.29, 0.717) is 51.1 Å². The molecule has 10 nitrogen and oxygen atoms in total. The smallest absolute Gasteiger partial charge is 0.410 e. The van der Waals surface area contributed by atoms with Crippen LogP contribution in [0.3, 0.4) is 0 Å². The van der Waals surface area contributed by atoms with Gasteiger partial charge in [-0.3, -0.25) is 14.5 Å². The van der Waals surface area contributed by atoms with Gasteiger partial charge in [0.25, 0.3) is 0 Å². The lowest BCUT2D eigenvalue weighted by atomic mass is 10.2. The minimum atomic E-state index is -0.879. The maximum absolute atomic E-state index is 12.3. The van der Waals surface area contributed by atoms with Crippen molar-refractivity contribution in [2.75, 3.05) is 26.2 Å². The Balaban J connectivity index is 1.88. The van der Waals surface area contributed by atoms with Crippen LogP contribution in [0.5, 0.6) is 5.75 Å². The molecule has 1 aliphatic heterocycles. The SMILES string of the molecule is CC(C)(C)OC(=O)N1CCN(Cc2cnn(CCCCC(=O)O)c(=O)c2O)CC1. The first-order valence-corrected chi connectivity index (χ1v) is 9.77. The van der Waals surface area contributed by atoms with E-state index in [1.807, 2.05) is 25.7 Å². The van der Waals surface area contributed by atoms with E-state index in [1.54, 1.807) is 4.90 Å². The first-order chi connectivity index (χ1) is 13.6. The van der Waals surface area contributed by atoms with Crippen molar-refractivity contribution in [3.63, 3.8) is 0 Å². The fraction of sp³-hybridized carbons (Fsp3) is 0.684. The molecule has 29 heavy (non-hydrogen) atoms. The highest BCUT2D eigenvalue weighted by molar-refractivity contribution is 5.68. The van der Waals surface area contributed by atoms with Gasteiger partial charge in [0.2, 0.25) is 0 Å². The van der Waals surface area contributed by atoms with E-state index in [0.717, 1.165) is 4.68 Å². The molecule has 1 aromatic rings. The van der Waals surface area contributed by atoms with Crippen LogP contribution < -0.4 is 5.56 Å². The number of unbranched alkanes of at least 4 members (excludes halogenated alkanes) is 1. The number of carboxylic acid groups (broad SMARTS) is 1. The van der Waals surface area contributed by atoms with Gasteiger partial charge in [0, 0.05) is 51.3 Å². The number of aromatic hydroxyl groups is 1. The molecule has 0 aliphatic carbocycles. The lowest BCUT2D eigenvalue weighted by molar-refractivity contribution is -0.137. The van der Waals surface area contributed by atoms with Gasteiger partial charge in [-0.05, 0) is 33.6 Å². The van der Waals surface area contributed by atoms with Crippen molar-refractivity contribution in [3.05, 3.63) is 22.1 Å². The molecule has 1 aromatic heterocycles. The Labute approximate surface area is 169 Å². The van der Waals surface area contributed by atoms with E-state index >= 15 is 0 Å². The topological polar surface area (TPSA) is 125 Å². The number of nitrogens with zero attached hydrogens (tertiary/aromatic N) is 4. The fourth-order valence-electron chi connectivity index (χ4n) is 2.98. The fourth-order valence-corrected chi connectivity index (χ4v) is 2.98. The molecule has 0 unspecified atom stereocenters. The summed E-state index contributed by atoms with van der Waals surface area (Å²) < 4.78 is 6.53. The minimum Gasteiger partial charge on any atom is -0.503 e. The maximum Gasteiger partial charge on any atom is 0.410 e. The molecule has 2 heterocycles. The number of ether oxygens (including phenoxy) is 1. The van der Waals surface area contributed by atoms with Crippen LogP contribution in [0.15, 0.2) is 11.0 Å². The van der Waals surface area contributed by atoms with Gasteiger partial charge in [0.05, 0.1) is 6.20 Å². The highest BCUT2D eigenvalue weighted by atomic mass is 16.6. The molecule has 1 fully saturated rings. The van der Waals surface area contributed by atoms with Crippen molar-refractivity contribution in [2.24, 2.45) is 0 Å². The van der Waals surface area contributed by atoms with Gasteiger partial charge in [0.15, 0.2) is 5.75 Å². The molecule has 162 valence electrons. The van der Waals surface area contributed by atoms with Crippen LogP contribution in [0.25, 0.3) is 0 Å². The maximum atomic E-state index is 12.3. The second kappa shape index (κ2) is 9.73. The number of hydrogen-bond acceptors (Lipinski definition) is 7. The molecule has 10 heteroatoms. The third-order valence-electron chi connectivity index (χ3n) is 4.52. The average Bonchev–Trinajstić information content (AvgIpc) is 2.63. The molecule has 0 aromatic carbocycles.